The second-order valence-corrected chi connectivity index (χ2v) is 23.1. The molecule has 366 valence electrons. The minimum Gasteiger partial charge on any atom is -0.432 e. The van der Waals surface area contributed by atoms with Crippen molar-refractivity contribution in [2.45, 2.75) is 205 Å². The van der Waals surface area contributed by atoms with Gasteiger partial charge in [0.2, 0.25) is 6.29 Å². The number of aliphatic hydroxyl groups excluding tert-OH is 10. The Labute approximate surface area is 376 Å². The number of aliphatic hydroxyl groups is 10. The van der Waals surface area contributed by atoms with Crippen LogP contribution in [0.3, 0.4) is 0 Å². The van der Waals surface area contributed by atoms with Crippen LogP contribution >= 0.6 is 0 Å². The number of carbonyl (C=O) groups excluding carboxylic acids is 1. The van der Waals surface area contributed by atoms with Gasteiger partial charge in [0.15, 0.2) is 12.6 Å². The highest BCUT2D eigenvalue weighted by Gasteiger charge is 2.70. The molecular weight excluding hydrogens is 836 g/mol. The molecule has 0 amide bonds. The summed E-state index contributed by atoms with van der Waals surface area (Å²) in [6, 6.07) is 0. The molecule has 0 aromatic heterocycles. The highest BCUT2D eigenvalue weighted by atomic mass is 16.7. The highest BCUT2D eigenvalue weighted by Crippen LogP contribution is 2.76. The molecule has 8 aliphatic rings. The van der Waals surface area contributed by atoms with Crippen LogP contribution in [0.2, 0.25) is 0 Å². The van der Waals surface area contributed by atoms with E-state index in [2.05, 4.69) is 54.5 Å². The summed E-state index contributed by atoms with van der Waals surface area (Å²) in [5.41, 5.74) is -0.415. The molecule has 4 saturated carbocycles. The maximum atomic E-state index is 14.9. The van der Waals surface area contributed by atoms with Gasteiger partial charge in [0.1, 0.15) is 67.1 Å². The molecule has 64 heavy (non-hydrogen) atoms. The Kier molecular flexibility index (Phi) is 13.2. The lowest BCUT2D eigenvalue weighted by atomic mass is 9.33. The molecule has 0 aromatic rings. The first-order chi connectivity index (χ1) is 29.9. The number of ether oxygens (including phenoxy) is 6. The number of esters is 1. The summed E-state index contributed by atoms with van der Waals surface area (Å²) in [6.07, 6.45) is -11.0. The largest absolute Gasteiger partial charge is 0.432 e. The summed E-state index contributed by atoms with van der Waals surface area (Å²) < 4.78 is 35.3. The van der Waals surface area contributed by atoms with Gasteiger partial charge < -0.3 is 79.5 Å². The molecule has 5 aliphatic carbocycles. The summed E-state index contributed by atoms with van der Waals surface area (Å²) in [4.78, 5) is 14.9. The van der Waals surface area contributed by atoms with Gasteiger partial charge in [0, 0.05) is 0 Å². The Morgan fingerprint density at radius 2 is 1.31 bits per heavy atom. The van der Waals surface area contributed by atoms with E-state index in [1.54, 1.807) is 0 Å². The minimum absolute atomic E-state index is 0.0502. The van der Waals surface area contributed by atoms with Crippen LogP contribution in [-0.4, -0.2) is 169 Å². The summed E-state index contributed by atoms with van der Waals surface area (Å²) in [5.74, 6) is -0.0729. The number of fused-ring (bicyclic) bond motifs is 7. The molecule has 17 heteroatoms. The van der Waals surface area contributed by atoms with Crippen LogP contribution < -0.4 is 0 Å². The molecule has 3 aliphatic heterocycles. The molecule has 0 spiro atoms. The van der Waals surface area contributed by atoms with Crippen LogP contribution in [0.4, 0.5) is 0 Å². The lowest BCUT2D eigenvalue weighted by molar-refractivity contribution is -0.328. The van der Waals surface area contributed by atoms with E-state index in [9.17, 15) is 55.9 Å². The number of carbonyl (C=O) groups is 1. The fraction of sp³-hybridized carbons (Fsp3) is 0.936. The van der Waals surface area contributed by atoms with Gasteiger partial charge in [-0.1, -0.05) is 60.1 Å². The average Bonchev–Trinajstić information content (AvgIpc) is 3.24. The molecular formula is C47H76O17. The smallest absolute Gasteiger partial charge is 0.315 e. The topological polar surface area (TPSA) is 275 Å². The molecule has 0 radical (unpaired) electrons. The first-order valence-corrected chi connectivity index (χ1v) is 23.7. The third-order valence-corrected chi connectivity index (χ3v) is 18.9. The van der Waals surface area contributed by atoms with E-state index in [4.69, 9.17) is 28.4 Å². The Balaban J connectivity index is 1.01. The van der Waals surface area contributed by atoms with Crippen LogP contribution in [0.25, 0.3) is 0 Å². The zero-order valence-electron chi connectivity index (χ0n) is 38.5. The number of allylic oxidation sites excluding steroid dienone is 2. The predicted octanol–water partition coefficient (Wildman–Crippen LogP) is 0.780. The monoisotopic (exact) mass is 913 g/mol. The van der Waals surface area contributed by atoms with Gasteiger partial charge in [-0.05, 0) is 109 Å². The number of rotatable bonds is 8. The second kappa shape index (κ2) is 17.2. The van der Waals surface area contributed by atoms with Crippen molar-refractivity contribution in [1.82, 2.24) is 0 Å². The standard InChI is InChI=1S/C47H76O17/c1-42(2)14-16-47(41(58)64-40-37(57)34(54)32(52)26(62-40)21-60-38-36(56)33(53)31(51)25(19-48)61-38)17-15-45(6)22(23(47)18-42)8-9-28-44(5)12-11-29(43(3,4)27(44)10-13-46(28,45)7)63-39-35(55)30(50)24(49)20-59-39/h8,23-40,48-57H,9-21H2,1-7H3/t23?,24-,25+,26+,27?,28?,29?,30-,31+,32+,33-,34-,35+,36+,37+,38?,39?,40?,44-,45+,46+,47?/m0/s1. The Bertz CT molecular complexity index is 1740. The molecule has 3 saturated heterocycles. The summed E-state index contributed by atoms with van der Waals surface area (Å²) in [7, 11) is 0. The van der Waals surface area contributed by atoms with Crippen molar-refractivity contribution in [3.05, 3.63) is 11.6 Å². The fourth-order valence-electron chi connectivity index (χ4n) is 14.7. The van der Waals surface area contributed by atoms with E-state index < -0.39 is 111 Å². The Morgan fingerprint density at radius 3 is 2.00 bits per heavy atom. The zero-order chi connectivity index (χ0) is 46.7. The first kappa shape index (κ1) is 49.0. The predicted molar refractivity (Wildman–Crippen MR) is 224 cm³/mol. The van der Waals surface area contributed by atoms with Gasteiger partial charge in [0.05, 0.1) is 31.3 Å². The zero-order valence-corrected chi connectivity index (χ0v) is 38.5. The van der Waals surface area contributed by atoms with Crippen LogP contribution in [0.15, 0.2) is 11.6 Å². The minimum atomic E-state index is -1.79. The van der Waals surface area contributed by atoms with Gasteiger partial charge >= 0.3 is 5.97 Å². The molecule has 10 N–H and O–H groups in total. The van der Waals surface area contributed by atoms with Gasteiger partial charge in [0.25, 0.3) is 0 Å². The maximum absolute atomic E-state index is 14.9. The first-order valence-electron chi connectivity index (χ1n) is 23.7. The van der Waals surface area contributed by atoms with Gasteiger partial charge in [-0.2, -0.15) is 0 Å². The van der Waals surface area contributed by atoms with Gasteiger partial charge in [-0.3, -0.25) is 4.79 Å². The highest BCUT2D eigenvalue weighted by molar-refractivity contribution is 5.79. The van der Waals surface area contributed by atoms with Crippen molar-refractivity contribution in [1.29, 1.82) is 0 Å². The van der Waals surface area contributed by atoms with E-state index >= 15 is 0 Å². The summed E-state index contributed by atoms with van der Waals surface area (Å²) in [6.45, 7) is 15.0. The van der Waals surface area contributed by atoms with Crippen LogP contribution in [-0.2, 0) is 33.2 Å². The number of hydrogen-bond acceptors (Lipinski definition) is 17. The van der Waals surface area contributed by atoms with E-state index in [0.717, 1.165) is 51.4 Å². The lowest BCUT2D eigenvalue weighted by Gasteiger charge is -2.71. The molecule has 17 nitrogen and oxygen atoms in total. The molecule has 0 bridgehead atoms. The Hall–Kier alpha value is -1.39. The van der Waals surface area contributed by atoms with Crippen LogP contribution in [0.1, 0.15) is 113 Å². The molecule has 3 heterocycles. The van der Waals surface area contributed by atoms with Crippen molar-refractivity contribution in [2.75, 3.05) is 19.8 Å². The maximum Gasteiger partial charge on any atom is 0.315 e. The van der Waals surface area contributed by atoms with Crippen molar-refractivity contribution in [3.8, 4) is 0 Å². The molecule has 8 unspecified atom stereocenters. The molecule has 0 aromatic carbocycles. The van der Waals surface area contributed by atoms with E-state index in [1.165, 1.54) is 5.57 Å². The second-order valence-electron chi connectivity index (χ2n) is 23.1. The number of hydrogen-bond donors (Lipinski definition) is 10. The Morgan fingerprint density at radius 1 is 0.688 bits per heavy atom. The summed E-state index contributed by atoms with van der Waals surface area (Å²) in [5, 5.41) is 105. The van der Waals surface area contributed by atoms with Gasteiger partial charge in [-0.25, -0.2) is 0 Å². The lowest BCUT2D eigenvalue weighted by Crippen LogP contribution is -2.66. The SMILES string of the molecule is CC1(C)CCC2(C(=O)OC3O[C@H](COC4O[C@H](CO)[C@@H](O)[C@H](O)[C@H]4O)[C@@H](O)[C@H](O)[C@H]3O)CC[C@]3(C)C(=CCC4[C@@]5(C)CCC(OC6OC[C@H](O)[C@H](O)[C@H]6O)C(C)(C)C5CC[C@]43C)C2C1. The van der Waals surface area contributed by atoms with E-state index in [1.807, 2.05) is 0 Å². The van der Waals surface area contributed by atoms with E-state index in [0.29, 0.717) is 24.7 Å². The normalized spacial score (nSPS) is 53.4. The third kappa shape index (κ3) is 7.67. The van der Waals surface area contributed by atoms with Crippen molar-refractivity contribution in [2.24, 2.45) is 50.2 Å². The van der Waals surface area contributed by atoms with Crippen molar-refractivity contribution < 1.29 is 84.3 Å². The fourth-order valence-corrected chi connectivity index (χ4v) is 14.7. The van der Waals surface area contributed by atoms with Crippen molar-refractivity contribution in [3.63, 3.8) is 0 Å². The molecule has 22 atom stereocenters. The van der Waals surface area contributed by atoms with E-state index in [-0.39, 0.29) is 45.7 Å². The quantitative estimate of drug-likeness (QED) is 0.0916. The third-order valence-electron chi connectivity index (χ3n) is 18.9. The van der Waals surface area contributed by atoms with Crippen LogP contribution in [0.5, 0.6) is 0 Å². The van der Waals surface area contributed by atoms with Crippen LogP contribution in [0, 0.1) is 50.2 Å². The molecule has 8 rings (SSSR count). The molecule has 7 fully saturated rings. The van der Waals surface area contributed by atoms with Crippen molar-refractivity contribution >= 4 is 5.97 Å². The summed E-state index contributed by atoms with van der Waals surface area (Å²) >= 11 is 0. The van der Waals surface area contributed by atoms with Gasteiger partial charge in [-0.15, -0.1) is 0 Å². The average molecular weight is 913 g/mol.